The van der Waals surface area contributed by atoms with Gasteiger partial charge in [-0.1, -0.05) is 27.7 Å². The molecule has 1 aliphatic rings. The maximum Gasteiger partial charge on any atom is 0.240 e. The highest BCUT2D eigenvalue weighted by Crippen LogP contribution is 2.31. The van der Waals surface area contributed by atoms with Crippen molar-refractivity contribution in [1.29, 1.82) is 0 Å². The molecule has 0 aromatic carbocycles. The molecule has 1 N–H and O–H groups in total. The summed E-state index contributed by atoms with van der Waals surface area (Å²) in [6, 6.07) is -0.0585. The zero-order valence-corrected chi connectivity index (χ0v) is 13.2. The average Bonchev–Trinajstić information content (AvgIpc) is 2.32. The predicted molar refractivity (Wildman–Crippen MR) is 78.1 cm³/mol. The summed E-state index contributed by atoms with van der Waals surface area (Å²) in [6.45, 7) is 11.7. The Morgan fingerprint density at radius 1 is 1.47 bits per heavy atom. The Morgan fingerprint density at radius 2 is 2.16 bits per heavy atom. The minimum atomic E-state index is -0.0585. The van der Waals surface area contributed by atoms with Crippen molar-refractivity contribution < 1.29 is 9.53 Å². The summed E-state index contributed by atoms with van der Waals surface area (Å²) in [5.41, 5.74) is 0.0393. The Morgan fingerprint density at radius 3 is 2.68 bits per heavy atom. The zero-order valence-electron chi connectivity index (χ0n) is 13.2. The molecule has 1 atom stereocenters. The summed E-state index contributed by atoms with van der Waals surface area (Å²) in [6.07, 6.45) is 2.26. The SMILES string of the molecule is COCCN(CC(C)C)C(=O)C1NCCCC1(C)C. The molecule has 0 bridgehead atoms. The Hall–Kier alpha value is -0.610. The number of carbonyl (C=O) groups excluding carboxylic acids is 1. The molecule has 4 heteroatoms. The Kier molecular flexibility index (Phi) is 6.27. The van der Waals surface area contributed by atoms with Crippen LogP contribution >= 0.6 is 0 Å². The fourth-order valence-corrected chi connectivity index (χ4v) is 2.75. The van der Waals surface area contributed by atoms with Crippen LogP contribution in [0.2, 0.25) is 0 Å². The molecule has 19 heavy (non-hydrogen) atoms. The van der Waals surface area contributed by atoms with Crippen LogP contribution in [0, 0.1) is 11.3 Å². The molecule has 0 aromatic heterocycles. The fraction of sp³-hybridized carbons (Fsp3) is 0.933. The Balaban J connectivity index is 2.73. The minimum absolute atomic E-state index is 0.0393. The molecule has 1 aliphatic heterocycles. The van der Waals surface area contributed by atoms with Crippen molar-refractivity contribution in [2.75, 3.05) is 33.4 Å². The maximum atomic E-state index is 12.8. The lowest BCUT2D eigenvalue weighted by Gasteiger charge is -2.41. The summed E-state index contributed by atoms with van der Waals surface area (Å²) in [5.74, 6) is 0.711. The van der Waals surface area contributed by atoms with Crippen LogP contribution in [-0.2, 0) is 9.53 Å². The van der Waals surface area contributed by atoms with Crippen molar-refractivity contribution in [3.05, 3.63) is 0 Å². The summed E-state index contributed by atoms with van der Waals surface area (Å²) in [5, 5.41) is 3.41. The molecule has 0 radical (unpaired) electrons. The van der Waals surface area contributed by atoms with Gasteiger partial charge in [-0.2, -0.15) is 0 Å². The zero-order chi connectivity index (χ0) is 14.5. The Labute approximate surface area is 117 Å². The van der Waals surface area contributed by atoms with Crippen LogP contribution in [0.25, 0.3) is 0 Å². The molecule has 1 fully saturated rings. The Bertz CT molecular complexity index is 290. The van der Waals surface area contributed by atoms with Crippen LogP contribution in [0.15, 0.2) is 0 Å². The van der Waals surface area contributed by atoms with Gasteiger partial charge in [-0.25, -0.2) is 0 Å². The first-order valence-corrected chi connectivity index (χ1v) is 7.39. The van der Waals surface area contributed by atoms with E-state index < -0.39 is 0 Å². The number of carbonyl (C=O) groups is 1. The first-order chi connectivity index (χ1) is 8.88. The monoisotopic (exact) mass is 270 g/mol. The van der Waals surface area contributed by atoms with Gasteiger partial charge in [0.05, 0.1) is 12.6 Å². The van der Waals surface area contributed by atoms with E-state index in [9.17, 15) is 4.79 Å². The summed E-state index contributed by atoms with van der Waals surface area (Å²) in [4.78, 5) is 14.7. The lowest BCUT2D eigenvalue weighted by molar-refractivity contribution is -0.138. The first kappa shape index (κ1) is 16.4. The maximum absolute atomic E-state index is 12.8. The summed E-state index contributed by atoms with van der Waals surface area (Å²) >= 11 is 0. The number of amides is 1. The predicted octanol–water partition coefficient (Wildman–Crippen LogP) is 1.90. The number of methoxy groups -OCH3 is 1. The number of ether oxygens (including phenoxy) is 1. The van der Waals surface area contributed by atoms with Gasteiger partial charge in [-0.15, -0.1) is 0 Å². The minimum Gasteiger partial charge on any atom is -0.383 e. The quantitative estimate of drug-likeness (QED) is 0.801. The number of rotatable bonds is 6. The van der Waals surface area contributed by atoms with Crippen LogP contribution < -0.4 is 5.32 Å². The third kappa shape index (κ3) is 4.77. The van der Waals surface area contributed by atoms with Gasteiger partial charge < -0.3 is 15.0 Å². The fourth-order valence-electron chi connectivity index (χ4n) is 2.75. The second kappa shape index (κ2) is 7.25. The average molecular weight is 270 g/mol. The van der Waals surface area contributed by atoms with Crippen LogP contribution in [-0.4, -0.2) is 50.2 Å². The van der Waals surface area contributed by atoms with E-state index >= 15 is 0 Å². The molecule has 1 rings (SSSR count). The molecular formula is C15H30N2O2. The van der Waals surface area contributed by atoms with Gasteiger partial charge in [-0.05, 0) is 30.7 Å². The van der Waals surface area contributed by atoms with Gasteiger partial charge in [0.2, 0.25) is 5.91 Å². The number of hydrogen-bond donors (Lipinski definition) is 1. The molecule has 1 unspecified atom stereocenters. The molecule has 4 nitrogen and oxygen atoms in total. The smallest absolute Gasteiger partial charge is 0.240 e. The second-order valence-corrected chi connectivity index (χ2v) is 6.65. The van der Waals surface area contributed by atoms with Gasteiger partial charge in [-0.3, -0.25) is 4.79 Å². The molecule has 112 valence electrons. The molecule has 1 amide bonds. The molecule has 0 saturated carbocycles. The highest BCUT2D eigenvalue weighted by molar-refractivity contribution is 5.83. The van der Waals surface area contributed by atoms with Crippen molar-refractivity contribution in [3.8, 4) is 0 Å². The van der Waals surface area contributed by atoms with Crippen molar-refractivity contribution in [2.24, 2.45) is 11.3 Å². The summed E-state index contributed by atoms with van der Waals surface area (Å²) < 4.78 is 5.13. The molecule has 0 aliphatic carbocycles. The lowest BCUT2D eigenvalue weighted by atomic mass is 9.77. The number of piperidine rings is 1. The van der Waals surface area contributed by atoms with Crippen LogP contribution in [0.5, 0.6) is 0 Å². The molecule has 0 aromatic rings. The van der Waals surface area contributed by atoms with E-state index in [0.29, 0.717) is 19.1 Å². The van der Waals surface area contributed by atoms with E-state index in [4.69, 9.17) is 4.74 Å². The second-order valence-electron chi connectivity index (χ2n) is 6.65. The number of hydrogen-bond acceptors (Lipinski definition) is 3. The molecule has 1 heterocycles. The largest absolute Gasteiger partial charge is 0.383 e. The lowest BCUT2D eigenvalue weighted by Crippen LogP contribution is -2.57. The van der Waals surface area contributed by atoms with E-state index in [1.54, 1.807) is 7.11 Å². The van der Waals surface area contributed by atoms with Gasteiger partial charge >= 0.3 is 0 Å². The third-order valence-electron chi connectivity index (χ3n) is 3.84. The van der Waals surface area contributed by atoms with Crippen molar-refractivity contribution in [3.63, 3.8) is 0 Å². The first-order valence-electron chi connectivity index (χ1n) is 7.39. The van der Waals surface area contributed by atoms with E-state index in [-0.39, 0.29) is 17.4 Å². The normalized spacial score (nSPS) is 22.5. The highest BCUT2D eigenvalue weighted by Gasteiger charge is 2.39. The van der Waals surface area contributed by atoms with Crippen LogP contribution in [0.3, 0.4) is 0 Å². The van der Waals surface area contributed by atoms with Gasteiger partial charge in [0.15, 0.2) is 0 Å². The number of nitrogens with zero attached hydrogens (tertiary/aromatic N) is 1. The molecule has 1 saturated heterocycles. The van der Waals surface area contributed by atoms with Gasteiger partial charge in [0.25, 0.3) is 0 Å². The number of nitrogens with one attached hydrogen (secondary N) is 1. The topological polar surface area (TPSA) is 41.6 Å². The van der Waals surface area contributed by atoms with Crippen molar-refractivity contribution in [2.45, 2.75) is 46.6 Å². The van der Waals surface area contributed by atoms with Gasteiger partial charge in [0.1, 0.15) is 0 Å². The molecular weight excluding hydrogens is 240 g/mol. The van der Waals surface area contributed by atoms with Gasteiger partial charge in [0, 0.05) is 20.2 Å². The highest BCUT2D eigenvalue weighted by atomic mass is 16.5. The van der Waals surface area contributed by atoms with Crippen molar-refractivity contribution >= 4 is 5.91 Å². The van der Waals surface area contributed by atoms with Crippen LogP contribution in [0.4, 0.5) is 0 Å². The van der Waals surface area contributed by atoms with E-state index in [0.717, 1.165) is 25.9 Å². The summed E-state index contributed by atoms with van der Waals surface area (Å²) in [7, 11) is 1.68. The van der Waals surface area contributed by atoms with Crippen LogP contribution in [0.1, 0.15) is 40.5 Å². The molecule has 0 spiro atoms. The third-order valence-corrected chi connectivity index (χ3v) is 3.84. The van der Waals surface area contributed by atoms with E-state index in [1.165, 1.54) is 0 Å². The standard InChI is InChI=1S/C15H30N2O2/c1-12(2)11-17(9-10-19-5)14(18)13-15(3,4)7-6-8-16-13/h12-13,16H,6-11H2,1-5H3. The van der Waals surface area contributed by atoms with E-state index in [2.05, 4.69) is 33.0 Å². The van der Waals surface area contributed by atoms with E-state index in [1.807, 2.05) is 4.90 Å². The van der Waals surface area contributed by atoms with Crippen molar-refractivity contribution in [1.82, 2.24) is 10.2 Å².